The molecule has 0 radical (unpaired) electrons. The second-order valence-corrected chi connectivity index (χ2v) is 5.78. The summed E-state index contributed by atoms with van der Waals surface area (Å²) in [6, 6.07) is 0.105. The molecule has 0 bridgehead atoms. The maximum Gasteiger partial charge on any atom is 0.233 e. The Labute approximate surface area is 122 Å². The molecule has 1 amide bonds. The first-order chi connectivity index (χ1) is 9.47. The lowest BCUT2D eigenvalue weighted by molar-refractivity contribution is -0.120. The van der Waals surface area contributed by atoms with E-state index in [0.717, 1.165) is 0 Å². The van der Waals surface area contributed by atoms with Gasteiger partial charge in [-0.2, -0.15) is 0 Å². The predicted molar refractivity (Wildman–Crippen MR) is 74.2 cm³/mol. The van der Waals surface area contributed by atoms with Crippen LogP contribution < -0.4 is 5.32 Å². The third-order valence-corrected chi connectivity index (χ3v) is 3.50. The van der Waals surface area contributed by atoms with Gasteiger partial charge in [0.1, 0.15) is 0 Å². The number of aromatic nitrogens is 4. The zero-order chi connectivity index (χ0) is 15.1. The minimum Gasteiger partial charge on any atom is -0.354 e. The van der Waals surface area contributed by atoms with Crippen LogP contribution in [-0.2, 0) is 20.8 Å². The van der Waals surface area contributed by atoms with Gasteiger partial charge in [-0.1, -0.05) is 11.8 Å². The Morgan fingerprint density at radius 1 is 1.35 bits per heavy atom. The Hall–Kier alpha value is -1.19. The topological polar surface area (TPSA) is 91.2 Å². The molecule has 1 rings (SSSR count). The maximum absolute atomic E-state index is 11.9. The van der Waals surface area contributed by atoms with Crippen LogP contribution in [-0.4, -0.2) is 57.9 Å². The largest absolute Gasteiger partial charge is 0.354 e. The summed E-state index contributed by atoms with van der Waals surface area (Å²) in [5.41, 5.74) is 0. The van der Waals surface area contributed by atoms with E-state index in [2.05, 4.69) is 20.8 Å². The summed E-state index contributed by atoms with van der Waals surface area (Å²) < 4.78 is 11.8. The molecule has 8 nitrogen and oxygen atoms in total. The van der Waals surface area contributed by atoms with Crippen LogP contribution in [0.5, 0.6) is 0 Å². The van der Waals surface area contributed by atoms with Gasteiger partial charge in [-0.15, -0.1) is 5.10 Å². The van der Waals surface area contributed by atoms with Gasteiger partial charge in [-0.05, 0) is 31.2 Å². The highest BCUT2D eigenvalue weighted by molar-refractivity contribution is 8.00. The van der Waals surface area contributed by atoms with Gasteiger partial charge >= 0.3 is 0 Å². The molecule has 20 heavy (non-hydrogen) atoms. The highest BCUT2D eigenvalue weighted by atomic mass is 32.2. The molecular formula is C11H21N5O3S. The molecule has 1 atom stereocenters. The molecular weight excluding hydrogens is 282 g/mol. The standard InChI is InChI=1S/C11H21N5O3S/c1-7(2)12-10(17)8(3)20-11-13-14-15-16(11)6-9(18-4)19-5/h7-9H,6H2,1-5H3,(H,12,17). The molecule has 1 heterocycles. The minimum atomic E-state index is -0.433. The highest BCUT2D eigenvalue weighted by Crippen LogP contribution is 2.20. The van der Waals surface area contributed by atoms with E-state index in [9.17, 15) is 4.79 Å². The lowest BCUT2D eigenvalue weighted by Gasteiger charge is -2.15. The Kier molecular flexibility index (Phi) is 6.89. The van der Waals surface area contributed by atoms with Crippen molar-refractivity contribution in [1.82, 2.24) is 25.5 Å². The normalized spacial score (nSPS) is 12.9. The Morgan fingerprint density at radius 2 is 2.00 bits per heavy atom. The first-order valence-electron chi connectivity index (χ1n) is 6.26. The molecule has 0 fully saturated rings. The van der Waals surface area contributed by atoms with Crippen molar-refractivity contribution in [2.75, 3.05) is 14.2 Å². The fourth-order valence-corrected chi connectivity index (χ4v) is 2.20. The van der Waals surface area contributed by atoms with E-state index in [1.165, 1.54) is 11.8 Å². The van der Waals surface area contributed by atoms with Crippen LogP contribution in [0.4, 0.5) is 0 Å². The number of ether oxygens (including phenoxy) is 2. The number of nitrogens with zero attached hydrogens (tertiary/aromatic N) is 4. The monoisotopic (exact) mass is 303 g/mol. The number of amides is 1. The summed E-state index contributed by atoms with van der Waals surface area (Å²) in [5.74, 6) is -0.0467. The second kappa shape index (κ2) is 8.18. The molecule has 0 aromatic carbocycles. The van der Waals surface area contributed by atoms with E-state index in [4.69, 9.17) is 9.47 Å². The number of carbonyl (C=O) groups excluding carboxylic acids is 1. The van der Waals surface area contributed by atoms with Crippen molar-refractivity contribution >= 4 is 17.7 Å². The van der Waals surface area contributed by atoms with Crippen LogP contribution in [0.15, 0.2) is 5.16 Å². The SMILES string of the molecule is COC(Cn1nnnc1SC(C)C(=O)NC(C)C)OC. The summed E-state index contributed by atoms with van der Waals surface area (Å²) in [7, 11) is 3.09. The summed E-state index contributed by atoms with van der Waals surface area (Å²) in [6.07, 6.45) is -0.433. The van der Waals surface area contributed by atoms with Gasteiger partial charge in [0.2, 0.25) is 11.1 Å². The first kappa shape index (κ1) is 16.9. The lowest BCUT2D eigenvalue weighted by Crippen LogP contribution is -2.36. The fraction of sp³-hybridized carbons (Fsp3) is 0.818. The Morgan fingerprint density at radius 3 is 2.55 bits per heavy atom. The molecule has 1 aromatic rings. The predicted octanol–water partition coefficient (Wildman–Crippen LogP) is 0.297. The number of hydrogen-bond acceptors (Lipinski definition) is 7. The lowest BCUT2D eigenvalue weighted by atomic mass is 10.3. The Balaban J connectivity index is 2.64. The zero-order valence-electron chi connectivity index (χ0n) is 12.4. The van der Waals surface area contributed by atoms with Gasteiger partial charge in [-0.3, -0.25) is 4.79 Å². The van der Waals surface area contributed by atoms with Crippen molar-refractivity contribution in [3.63, 3.8) is 0 Å². The van der Waals surface area contributed by atoms with Crippen LogP contribution in [0.25, 0.3) is 0 Å². The van der Waals surface area contributed by atoms with Crippen LogP contribution in [0.3, 0.4) is 0 Å². The average Bonchev–Trinajstić information content (AvgIpc) is 2.82. The number of rotatable bonds is 8. The molecule has 1 unspecified atom stereocenters. The summed E-state index contributed by atoms with van der Waals surface area (Å²) >= 11 is 1.29. The van der Waals surface area contributed by atoms with Gasteiger partial charge in [0.05, 0.1) is 11.8 Å². The van der Waals surface area contributed by atoms with Crippen LogP contribution >= 0.6 is 11.8 Å². The number of tetrazole rings is 1. The average molecular weight is 303 g/mol. The fourth-order valence-electron chi connectivity index (χ4n) is 1.40. The van der Waals surface area contributed by atoms with E-state index in [0.29, 0.717) is 11.7 Å². The van der Waals surface area contributed by atoms with Crippen molar-refractivity contribution in [2.45, 2.75) is 50.1 Å². The first-order valence-corrected chi connectivity index (χ1v) is 7.14. The van der Waals surface area contributed by atoms with E-state index < -0.39 is 6.29 Å². The third-order valence-electron chi connectivity index (χ3n) is 2.43. The summed E-state index contributed by atoms with van der Waals surface area (Å²) in [5, 5.41) is 14.5. The van der Waals surface area contributed by atoms with Crippen molar-refractivity contribution in [3.05, 3.63) is 0 Å². The molecule has 0 spiro atoms. The molecule has 9 heteroatoms. The quantitative estimate of drug-likeness (QED) is 0.545. The minimum absolute atomic E-state index is 0.0467. The molecule has 0 aliphatic carbocycles. The molecule has 0 saturated heterocycles. The maximum atomic E-state index is 11.9. The number of carbonyl (C=O) groups is 1. The number of methoxy groups -OCH3 is 2. The van der Waals surface area contributed by atoms with E-state index in [1.807, 2.05) is 20.8 Å². The number of nitrogens with one attached hydrogen (secondary N) is 1. The van der Waals surface area contributed by atoms with Crippen molar-refractivity contribution in [2.24, 2.45) is 0 Å². The smallest absolute Gasteiger partial charge is 0.233 e. The van der Waals surface area contributed by atoms with Crippen LogP contribution in [0, 0.1) is 0 Å². The van der Waals surface area contributed by atoms with E-state index in [1.54, 1.807) is 18.9 Å². The van der Waals surface area contributed by atoms with Crippen molar-refractivity contribution < 1.29 is 14.3 Å². The van der Waals surface area contributed by atoms with Crippen LogP contribution in [0.2, 0.25) is 0 Å². The second-order valence-electron chi connectivity index (χ2n) is 4.47. The van der Waals surface area contributed by atoms with Crippen molar-refractivity contribution in [1.29, 1.82) is 0 Å². The third kappa shape index (κ3) is 5.06. The molecule has 0 aliphatic heterocycles. The molecule has 1 aromatic heterocycles. The number of thioether (sulfide) groups is 1. The molecule has 0 saturated carbocycles. The number of hydrogen-bond donors (Lipinski definition) is 1. The van der Waals surface area contributed by atoms with Crippen LogP contribution in [0.1, 0.15) is 20.8 Å². The summed E-state index contributed by atoms with van der Waals surface area (Å²) in [6.45, 7) is 6.01. The Bertz CT molecular complexity index is 422. The van der Waals surface area contributed by atoms with Gasteiger partial charge in [0.15, 0.2) is 6.29 Å². The molecule has 0 aliphatic rings. The van der Waals surface area contributed by atoms with Gasteiger partial charge in [0, 0.05) is 20.3 Å². The summed E-state index contributed by atoms with van der Waals surface area (Å²) in [4.78, 5) is 11.9. The van der Waals surface area contributed by atoms with Gasteiger partial charge in [-0.25, -0.2) is 4.68 Å². The van der Waals surface area contributed by atoms with Gasteiger partial charge in [0.25, 0.3) is 0 Å². The highest BCUT2D eigenvalue weighted by Gasteiger charge is 2.20. The van der Waals surface area contributed by atoms with Crippen molar-refractivity contribution in [3.8, 4) is 0 Å². The molecule has 114 valence electrons. The molecule has 1 N–H and O–H groups in total. The van der Waals surface area contributed by atoms with E-state index >= 15 is 0 Å². The van der Waals surface area contributed by atoms with E-state index in [-0.39, 0.29) is 17.2 Å². The van der Waals surface area contributed by atoms with Gasteiger partial charge < -0.3 is 14.8 Å². The zero-order valence-corrected chi connectivity index (χ0v) is 13.2.